The molecule has 0 spiro atoms. The van der Waals surface area contributed by atoms with Crippen LogP contribution in [0.15, 0.2) is 59.0 Å². The number of hydrogen-bond acceptors (Lipinski definition) is 4. The minimum absolute atomic E-state index is 0.0359. The number of ether oxygens (including phenoxy) is 2. The van der Waals surface area contributed by atoms with Crippen molar-refractivity contribution in [3.05, 3.63) is 65.7 Å². The van der Waals surface area contributed by atoms with Crippen LogP contribution in [0, 0.1) is 0 Å². The SMILES string of the molecule is C=C(C)C(=O)OCCCC(F)(F)CCCOc1ccc2cc(-c3ccc(CCCCC)cc3CC)oc2c1. The highest BCUT2D eigenvalue weighted by Crippen LogP contribution is 2.33. The van der Waals surface area contributed by atoms with Gasteiger partial charge in [-0.25, -0.2) is 13.6 Å². The standard InChI is InChI=1S/C32H40F2O4/c1-5-7-8-11-24-12-15-28(25(6-2)20-24)30-21-26-13-14-27(22-29(26)38-30)36-18-9-16-32(33,34)17-10-19-37-31(35)23(3)4/h12-15,20-22H,3,5-11,16-19H2,1-2,4H3. The van der Waals surface area contributed by atoms with Gasteiger partial charge >= 0.3 is 5.97 Å². The van der Waals surface area contributed by atoms with Gasteiger partial charge in [0.1, 0.15) is 17.1 Å². The van der Waals surface area contributed by atoms with Crippen LogP contribution in [-0.2, 0) is 22.4 Å². The normalized spacial score (nSPS) is 11.6. The topological polar surface area (TPSA) is 48.7 Å². The predicted octanol–water partition coefficient (Wildman–Crippen LogP) is 9.09. The van der Waals surface area contributed by atoms with Crippen molar-refractivity contribution in [3.63, 3.8) is 0 Å². The van der Waals surface area contributed by atoms with E-state index in [9.17, 15) is 13.6 Å². The minimum atomic E-state index is -2.83. The first kappa shape index (κ1) is 29.4. The number of furan rings is 1. The van der Waals surface area contributed by atoms with Crippen molar-refractivity contribution >= 4 is 16.9 Å². The lowest BCUT2D eigenvalue weighted by atomic mass is 9.97. The molecule has 1 heterocycles. The summed E-state index contributed by atoms with van der Waals surface area (Å²) in [5.41, 5.74) is 4.70. The van der Waals surface area contributed by atoms with Crippen molar-refractivity contribution in [2.45, 2.75) is 84.5 Å². The molecule has 0 amide bonds. The summed E-state index contributed by atoms with van der Waals surface area (Å²) >= 11 is 0. The van der Waals surface area contributed by atoms with E-state index in [1.807, 2.05) is 24.3 Å². The molecule has 0 unspecified atom stereocenters. The smallest absolute Gasteiger partial charge is 0.333 e. The van der Waals surface area contributed by atoms with Crippen molar-refractivity contribution < 1.29 is 27.5 Å². The van der Waals surface area contributed by atoms with Gasteiger partial charge in [0.15, 0.2) is 0 Å². The molecular weight excluding hydrogens is 486 g/mol. The van der Waals surface area contributed by atoms with Crippen LogP contribution in [-0.4, -0.2) is 25.1 Å². The fourth-order valence-corrected chi connectivity index (χ4v) is 4.41. The van der Waals surface area contributed by atoms with Crippen molar-refractivity contribution in [3.8, 4) is 17.1 Å². The van der Waals surface area contributed by atoms with E-state index in [0.717, 1.165) is 29.6 Å². The third kappa shape index (κ3) is 8.71. The van der Waals surface area contributed by atoms with Gasteiger partial charge < -0.3 is 13.9 Å². The molecule has 4 nitrogen and oxygen atoms in total. The molecule has 206 valence electrons. The van der Waals surface area contributed by atoms with Gasteiger partial charge in [0.05, 0.1) is 13.2 Å². The lowest BCUT2D eigenvalue weighted by Crippen LogP contribution is -2.18. The van der Waals surface area contributed by atoms with Gasteiger partial charge in [0, 0.05) is 35.4 Å². The molecule has 0 aliphatic rings. The summed E-state index contributed by atoms with van der Waals surface area (Å²) < 4.78 is 45.1. The fourth-order valence-electron chi connectivity index (χ4n) is 4.41. The molecule has 0 fully saturated rings. The summed E-state index contributed by atoms with van der Waals surface area (Å²) in [5.74, 6) is -1.97. The van der Waals surface area contributed by atoms with Gasteiger partial charge in [0.2, 0.25) is 5.92 Å². The molecule has 3 rings (SSSR count). The molecular formula is C32H40F2O4. The van der Waals surface area contributed by atoms with E-state index in [0.29, 0.717) is 11.3 Å². The molecule has 0 bridgehead atoms. The van der Waals surface area contributed by atoms with Gasteiger partial charge in [-0.05, 0) is 68.4 Å². The van der Waals surface area contributed by atoms with Crippen LogP contribution in [0.2, 0.25) is 0 Å². The first-order valence-electron chi connectivity index (χ1n) is 13.7. The van der Waals surface area contributed by atoms with Crippen molar-refractivity contribution in [2.24, 2.45) is 0 Å². The Morgan fingerprint density at radius 2 is 1.74 bits per heavy atom. The molecule has 0 N–H and O–H groups in total. The van der Waals surface area contributed by atoms with E-state index in [4.69, 9.17) is 13.9 Å². The van der Waals surface area contributed by atoms with E-state index in [2.05, 4.69) is 38.6 Å². The zero-order valence-corrected chi connectivity index (χ0v) is 22.9. The number of esters is 1. The van der Waals surface area contributed by atoms with Crippen LogP contribution in [0.3, 0.4) is 0 Å². The highest BCUT2D eigenvalue weighted by molar-refractivity contribution is 5.87. The molecule has 6 heteroatoms. The Morgan fingerprint density at radius 1 is 0.974 bits per heavy atom. The number of unbranched alkanes of at least 4 members (excludes halogenated alkanes) is 2. The Balaban J connectivity index is 1.52. The Labute approximate surface area is 225 Å². The first-order valence-corrected chi connectivity index (χ1v) is 13.7. The zero-order valence-electron chi connectivity index (χ0n) is 22.9. The minimum Gasteiger partial charge on any atom is -0.493 e. The number of carbonyl (C=O) groups is 1. The molecule has 0 aliphatic carbocycles. The summed E-state index contributed by atoms with van der Waals surface area (Å²) in [6, 6.07) is 14.3. The van der Waals surface area contributed by atoms with Crippen LogP contribution < -0.4 is 4.74 Å². The molecule has 3 aromatic rings. The largest absolute Gasteiger partial charge is 0.493 e. The summed E-state index contributed by atoms with van der Waals surface area (Å²) in [4.78, 5) is 11.3. The Morgan fingerprint density at radius 3 is 2.45 bits per heavy atom. The Kier molecular flexibility index (Phi) is 10.9. The number of rotatable bonds is 16. The van der Waals surface area contributed by atoms with Crippen LogP contribution in [0.4, 0.5) is 8.78 Å². The fraction of sp³-hybridized carbons (Fsp3) is 0.469. The highest BCUT2D eigenvalue weighted by Gasteiger charge is 2.27. The summed E-state index contributed by atoms with van der Waals surface area (Å²) in [5, 5.41) is 0.973. The highest BCUT2D eigenvalue weighted by atomic mass is 19.3. The average molecular weight is 527 g/mol. The van der Waals surface area contributed by atoms with Gasteiger partial charge in [0.25, 0.3) is 0 Å². The van der Waals surface area contributed by atoms with E-state index in [1.54, 1.807) is 0 Å². The third-order valence-electron chi connectivity index (χ3n) is 6.60. The van der Waals surface area contributed by atoms with Gasteiger partial charge in [-0.3, -0.25) is 0 Å². The van der Waals surface area contributed by atoms with Crippen molar-refractivity contribution in [1.29, 1.82) is 0 Å². The molecule has 0 radical (unpaired) electrons. The maximum atomic E-state index is 14.1. The number of fused-ring (bicyclic) bond motifs is 1. The third-order valence-corrected chi connectivity index (χ3v) is 6.60. The predicted molar refractivity (Wildman–Crippen MR) is 149 cm³/mol. The van der Waals surface area contributed by atoms with Gasteiger partial charge in [-0.1, -0.05) is 51.5 Å². The number of halogens is 2. The molecule has 0 saturated heterocycles. The van der Waals surface area contributed by atoms with Crippen molar-refractivity contribution in [1.82, 2.24) is 0 Å². The second kappa shape index (κ2) is 14.1. The quantitative estimate of drug-likeness (QED) is 0.106. The molecule has 1 aromatic heterocycles. The molecule has 38 heavy (non-hydrogen) atoms. The molecule has 2 aromatic carbocycles. The molecule has 0 saturated carbocycles. The van der Waals surface area contributed by atoms with Crippen LogP contribution in [0.25, 0.3) is 22.3 Å². The lowest BCUT2D eigenvalue weighted by molar-refractivity contribution is -0.139. The lowest BCUT2D eigenvalue weighted by Gasteiger charge is -2.16. The number of hydrogen-bond donors (Lipinski definition) is 0. The number of benzene rings is 2. The van der Waals surface area contributed by atoms with E-state index >= 15 is 0 Å². The van der Waals surface area contributed by atoms with E-state index < -0.39 is 11.9 Å². The summed E-state index contributed by atoms with van der Waals surface area (Å²) in [6.45, 7) is 9.51. The second-order valence-electron chi connectivity index (χ2n) is 9.94. The van der Waals surface area contributed by atoms with Crippen LogP contribution >= 0.6 is 0 Å². The molecule has 0 atom stereocenters. The maximum absolute atomic E-state index is 14.1. The molecule has 0 aliphatic heterocycles. The Bertz CT molecular complexity index is 1210. The van der Waals surface area contributed by atoms with Crippen molar-refractivity contribution in [2.75, 3.05) is 13.2 Å². The van der Waals surface area contributed by atoms with E-state index in [-0.39, 0.29) is 44.5 Å². The first-order chi connectivity index (χ1) is 18.2. The average Bonchev–Trinajstić information content (AvgIpc) is 3.32. The van der Waals surface area contributed by atoms with Gasteiger partial charge in [-0.2, -0.15) is 0 Å². The maximum Gasteiger partial charge on any atom is 0.333 e. The monoisotopic (exact) mass is 526 g/mol. The van der Waals surface area contributed by atoms with Crippen LogP contribution in [0.1, 0.15) is 76.8 Å². The number of alkyl halides is 2. The van der Waals surface area contributed by atoms with Crippen LogP contribution in [0.5, 0.6) is 5.75 Å². The summed E-state index contributed by atoms with van der Waals surface area (Å²) in [6.07, 6.45) is 5.37. The summed E-state index contributed by atoms with van der Waals surface area (Å²) in [7, 11) is 0. The second-order valence-corrected chi connectivity index (χ2v) is 9.94. The number of carbonyl (C=O) groups excluding carboxylic acids is 1. The van der Waals surface area contributed by atoms with Gasteiger partial charge in [-0.15, -0.1) is 0 Å². The van der Waals surface area contributed by atoms with E-state index in [1.165, 1.54) is 37.3 Å². The zero-order chi connectivity index (χ0) is 27.5. The Hall–Kier alpha value is -3.15. The number of aryl methyl sites for hydroxylation is 2.